The summed E-state index contributed by atoms with van der Waals surface area (Å²) in [6, 6.07) is 8.53. The van der Waals surface area contributed by atoms with Crippen LogP contribution < -0.4 is 4.74 Å². The van der Waals surface area contributed by atoms with Gasteiger partial charge in [0, 0.05) is 30.1 Å². The van der Waals surface area contributed by atoms with Gasteiger partial charge >= 0.3 is 0 Å². The van der Waals surface area contributed by atoms with E-state index >= 15 is 4.39 Å². The highest BCUT2D eigenvalue weighted by molar-refractivity contribution is 6.34. The number of piperidine rings is 1. The molecule has 3 heterocycles. The Balaban J connectivity index is 1.68. The number of hydrogen-bond donors (Lipinski definition) is 0. The standard InChI is InChI=1S/C31H30ClF2N7O2/c1-5-6-25(42)40-14-12-22(15-21(40)11-13-35)41-30-23-16-24(32)26(19-7-9-20(33)10-8-19)27(34)28(23)36-31(29(30)37-38-41)43-18(2)17-39(3)4/h7-10,16,18,21-22H,11-12,14-15,17H2,1-4H3/t18-,21+,22-/m0/s1. The Hall–Kier alpha value is -4.32. The third kappa shape index (κ3) is 5.96. The van der Waals surface area contributed by atoms with E-state index in [0.29, 0.717) is 47.9 Å². The molecule has 2 aromatic carbocycles. The van der Waals surface area contributed by atoms with Crippen molar-refractivity contribution in [1.82, 2.24) is 29.8 Å². The number of benzene rings is 2. The Morgan fingerprint density at radius 3 is 2.67 bits per heavy atom. The first-order valence-electron chi connectivity index (χ1n) is 13.9. The van der Waals surface area contributed by atoms with Gasteiger partial charge in [-0.25, -0.2) is 18.4 Å². The second kappa shape index (κ2) is 12.5. The van der Waals surface area contributed by atoms with Crippen molar-refractivity contribution in [1.29, 1.82) is 5.26 Å². The van der Waals surface area contributed by atoms with Crippen LogP contribution >= 0.6 is 11.6 Å². The van der Waals surface area contributed by atoms with Gasteiger partial charge in [-0.2, -0.15) is 5.26 Å². The Bertz CT molecular complexity index is 1790. The molecule has 0 bridgehead atoms. The SMILES string of the molecule is CC#CC(=O)N1CC[C@H](n2nnc3c(O[C@@H](C)CN(C)C)nc4c(F)c(-c5ccc(F)cc5)c(Cl)cc4c32)C[C@H]1CC#N. The maximum atomic E-state index is 16.4. The van der Waals surface area contributed by atoms with Crippen molar-refractivity contribution < 1.29 is 18.3 Å². The number of ether oxygens (including phenoxy) is 1. The summed E-state index contributed by atoms with van der Waals surface area (Å²) in [7, 11) is 3.83. The lowest BCUT2D eigenvalue weighted by Crippen LogP contribution is -2.46. The first kappa shape index (κ1) is 30.1. The van der Waals surface area contributed by atoms with Gasteiger partial charge < -0.3 is 14.5 Å². The molecule has 4 aromatic rings. The van der Waals surface area contributed by atoms with Gasteiger partial charge in [0.1, 0.15) is 23.0 Å². The lowest BCUT2D eigenvalue weighted by Gasteiger charge is -2.37. The van der Waals surface area contributed by atoms with Crippen molar-refractivity contribution in [3.63, 3.8) is 0 Å². The monoisotopic (exact) mass is 605 g/mol. The summed E-state index contributed by atoms with van der Waals surface area (Å²) in [4.78, 5) is 20.8. The summed E-state index contributed by atoms with van der Waals surface area (Å²) >= 11 is 6.68. The molecule has 1 aliphatic heterocycles. The molecule has 43 heavy (non-hydrogen) atoms. The topological polar surface area (TPSA) is 100 Å². The highest BCUT2D eigenvalue weighted by Gasteiger charge is 2.34. The maximum absolute atomic E-state index is 16.4. The van der Waals surface area contributed by atoms with E-state index in [-0.39, 0.29) is 52.5 Å². The normalized spacial score (nSPS) is 17.5. The van der Waals surface area contributed by atoms with Crippen LogP contribution in [0.4, 0.5) is 8.78 Å². The highest BCUT2D eigenvalue weighted by atomic mass is 35.5. The zero-order valence-corrected chi connectivity index (χ0v) is 25.0. The Morgan fingerprint density at radius 1 is 1.26 bits per heavy atom. The molecule has 2 aromatic heterocycles. The van der Waals surface area contributed by atoms with Crippen LogP contribution in [-0.4, -0.2) is 75.0 Å². The van der Waals surface area contributed by atoms with E-state index in [2.05, 4.69) is 33.2 Å². The number of nitriles is 1. The van der Waals surface area contributed by atoms with Gasteiger partial charge in [-0.3, -0.25) is 4.79 Å². The minimum atomic E-state index is -0.685. The molecule has 0 radical (unpaired) electrons. The van der Waals surface area contributed by atoms with Gasteiger partial charge in [0.05, 0.1) is 23.6 Å². The van der Waals surface area contributed by atoms with Gasteiger partial charge in [-0.05, 0) is 70.5 Å². The predicted octanol–water partition coefficient (Wildman–Crippen LogP) is 5.38. The van der Waals surface area contributed by atoms with Gasteiger partial charge in [0.25, 0.3) is 5.91 Å². The molecular weight excluding hydrogens is 576 g/mol. The van der Waals surface area contributed by atoms with Crippen LogP contribution in [0.15, 0.2) is 30.3 Å². The molecule has 1 fully saturated rings. The minimum absolute atomic E-state index is 0.00577. The number of fused-ring (bicyclic) bond motifs is 3. The molecule has 0 unspecified atom stereocenters. The largest absolute Gasteiger partial charge is 0.472 e. The first-order chi connectivity index (χ1) is 20.6. The van der Waals surface area contributed by atoms with E-state index in [1.54, 1.807) is 22.6 Å². The quantitative estimate of drug-likeness (QED) is 0.261. The smallest absolute Gasteiger partial charge is 0.298 e. The number of amides is 1. The van der Waals surface area contributed by atoms with E-state index < -0.39 is 11.6 Å². The third-order valence-corrected chi connectivity index (χ3v) is 7.78. The van der Waals surface area contributed by atoms with Crippen molar-refractivity contribution in [2.45, 2.75) is 51.3 Å². The fourth-order valence-corrected chi connectivity index (χ4v) is 6.00. The van der Waals surface area contributed by atoms with E-state index in [4.69, 9.17) is 16.3 Å². The van der Waals surface area contributed by atoms with Crippen LogP contribution in [0.2, 0.25) is 5.02 Å². The number of hydrogen-bond acceptors (Lipinski definition) is 7. The molecule has 9 nitrogen and oxygen atoms in total. The Kier molecular flexibility index (Phi) is 8.77. The van der Waals surface area contributed by atoms with Crippen molar-refractivity contribution in [2.75, 3.05) is 27.2 Å². The van der Waals surface area contributed by atoms with Gasteiger partial charge in [0.2, 0.25) is 5.88 Å². The van der Waals surface area contributed by atoms with Crippen molar-refractivity contribution >= 4 is 39.4 Å². The van der Waals surface area contributed by atoms with Crippen LogP contribution in [0.5, 0.6) is 5.88 Å². The van der Waals surface area contributed by atoms with E-state index in [0.717, 1.165) is 0 Å². The second-order valence-corrected chi connectivity index (χ2v) is 11.3. The Labute approximate surface area is 253 Å². The fraction of sp³-hybridized carbons (Fsp3) is 0.387. The summed E-state index contributed by atoms with van der Waals surface area (Å²) in [6.45, 7) is 4.41. The lowest BCUT2D eigenvalue weighted by atomic mass is 9.94. The number of rotatable bonds is 7. The number of halogens is 3. The number of nitrogens with zero attached hydrogens (tertiary/aromatic N) is 7. The number of likely N-dealkylation sites (N-methyl/N-ethyl adjacent to an activating group) is 1. The van der Waals surface area contributed by atoms with Crippen LogP contribution in [-0.2, 0) is 4.79 Å². The van der Waals surface area contributed by atoms with Gasteiger partial charge in [-0.15, -0.1) is 5.10 Å². The summed E-state index contributed by atoms with van der Waals surface area (Å²) in [6.07, 6.45) is 0.748. The number of aromatic nitrogens is 4. The second-order valence-electron chi connectivity index (χ2n) is 10.9. The van der Waals surface area contributed by atoms with Gasteiger partial charge in [0.15, 0.2) is 11.3 Å². The van der Waals surface area contributed by atoms with Crippen LogP contribution in [0, 0.1) is 34.8 Å². The summed E-state index contributed by atoms with van der Waals surface area (Å²) in [5, 5.41) is 18.9. The zero-order valence-electron chi connectivity index (χ0n) is 24.2. The molecule has 1 amide bonds. The molecule has 12 heteroatoms. The first-order valence-corrected chi connectivity index (χ1v) is 14.2. The highest BCUT2D eigenvalue weighted by Crippen LogP contribution is 2.41. The van der Waals surface area contributed by atoms with E-state index in [1.807, 2.05) is 25.9 Å². The number of carbonyl (C=O) groups excluding carboxylic acids is 1. The molecule has 222 valence electrons. The minimum Gasteiger partial charge on any atom is -0.472 e. The van der Waals surface area contributed by atoms with Crippen LogP contribution in [0.25, 0.3) is 33.1 Å². The van der Waals surface area contributed by atoms with E-state index in [1.165, 1.54) is 24.3 Å². The molecule has 5 rings (SSSR count). The summed E-state index contributed by atoms with van der Waals surface area (Å²) < 4.78 is 37.9. The number of pyridine rings is 1. The molecule has 1 saturated heterocycles. The molecule has 1 aliphatic rings. The summed E-state index contributed by atoms with van der Waals surface area (Å²) in [5.41, 5.74) is 1.32. The van der Waals surface area contributed by atoms with Gasteiger partial charge in [-0.1, -0.05) is 34.9 Å². The average molecular weight is 606 g/mol. The molecule has 0 aliphatic carbocycles. The van der Waals surface area contributed by atoms with E-state index in [9.17, 15) is 14.4 Å². The van der Waals surface area contributed by atoms with Crippen LogP contribution in [0.3, 0.4) is 0 Å². The van der Waals surface area contributed by atoms with Crippen molar-refractivity contribution in [3.05, 3.63) is 47.0 Å². The van der Waals surface area contributed by atoms with Crippen molar-refractivity contribution in [2.24, 2.45) is 0 Å². The van der Waals surface area contributed by atoms with Crippen molar-refractivity contribution in [3.8, 4) is 34.9 Å². The number of likely N-dealkylation sites (tertiary alicyclic amines) is 1. The fourth-order valence-electron chi connectivity index (χ4n) is 5.70. The van der Waals surface area contributed by atoms with Crippen LogP contribution in [0.1, 0.15) is 39.2 Å². The third-order valence-electron chi connectivity index (χ3n) is 7.48. The lowest BCUT2D eigenvalue weighted by molar-refractivity contribution is -0.129. The number of carbonyl (C=O) groups is 1. The molecule has 0 spiro atoms. The predicted molar refractivity (Wildman–Crippen MR) is 159 cm³/mol. The maximum Gasteiger partial charge on any atom is 0.298 e. The zero-order chi connectivity index (χ0) is 30.8. The molecule has 0 saturated carbocycles. The molecular formula is C31H30ClF2N7O2. The average Bonchev–Trinajstić information content (AvgIpc) is 3.41. The summed E-state index contributed by atoms with van der Waals surface area (Å²) in [5.74, 6) is 3.85. The molecule has 0 N–H and O–H groups in total. The molecule has 3 atom stereocenters. The Morgan fingerprint density at radius 2 is 2.00 bits per heavy atom.